The van der Waals surface area contributed by atoms with Gasteiger partial charge >= 0.3 is 0 Å². The predicted octanol–water partition coefficient (Wildman–Crippen LogP) is 5.22. The van der Waals surface area contributed by atoms with E-state index in [-0.39, 0.29) is 17.9 Å². The summed E-state index contributed by atoms with van der Waals surface area (Å²) in [6, 6.07) is 21.1. The molecule has 0 radical (unpaired) electrons. The number of hydrogen-bond acceptors (Lipinski definition) is 7. The van der Waals surface area contributed by atoms with E-state index in [1.807, 2.05) is 66.7 Å². The molecule has 3 aromatic carbocycles. The van der Waals surface area contributed by atoms with Crippen LogP contribution in [0.4, 0.5) is 0 Å². The van der Waals surface area contributed by atoms with Crippen LogP contribution in [-0.4, -0.2) is 23.5 Å². The number of rotatable bonds is 6. The Morgan fingerprint density at radius 3 is 2.79 bits per heavy atom. The highest BCUT2D eigenvalue weighted by Gasteiger charge is 2.20. The molecule has 0 saturated carbocycles. The van der Waals surface area contributed by atoms with Gasteiger partial charge in [0, 0.05) is 11.1 Å². The normalized spacial score (nSPS) is 12.5. The molecule has 1 aliphatic heterocycles. The fourth-order valence-corrected chi connectivity index (χ4v) is 4.97. The second-order valence-electron chi connectivity index (χ2n) is 7.89. The summed E-state index contributed by atoms with van der Waals surface area (Å²) >= 11 is 1.50. The molecular weight excluding hydrogens is 452 g/mol. The molecule has 2 aromatic heterocycles. The number of hydrogen-bond donors (Lipinski definition) is 0. The minimum absolute atomic E-state index is 0.201. The first-order valence-corrected chi connectivity index (χ1v) is 11.7. The van der Waals surface area contributed by atoms with E-state index in [4.69, 9.17) is 23.6 Å². The van der Waals surface area contributed by atoms with Gasteiger partial charge in [0.25, 0.3) is 5.56 Å². The molecule has 0 fully saturated rings. The average molecular weight is 473 g/mol. The van der Waals surface area contributed by atoms with Crippen molar-refractivity contribution in [2.24, 2.45) is 0 Å². The molecular formula is C26H20N2O5S. The largest absolute Gasteiger partial charge is 0.497 e. The van der Waals surface area contributed by atoms with E-state index in [0.717, 1.165) is 22.3 Å². The van der Waals surface area contributed by atoms with Crippen molar-refractivity contribution in [2.45, 2.75) is 17.5 Å². The fourth-order valence-electron chi connectivity index (χ4n) is 4.03. The van der Waals surface area contributed by atoms with Crippen molar-refractivity contribution < 1.29 is 18.6 Å². The molecule has 0 amide bonds. The number of nitrogens with zero attached hydrogens (tertiary/aromatic N) is 2. The van der Waals surface area contributed by atoms with E-state index in [2.05, 4.69) is 0 Å². The monoisotopic (exact) mass is 472 g/mol. The molecule has 6 rings (SSSR count). The van der Waals surface area contributed by atoms with Gasteiger partial charge in [0.15, 0.2) is 16.7 Å². The van der Waals surface area contributed by atoms with E-state index in [1.165, 1.54) is 11.8 Å². The zero-order valence-electron chi connectivity index (χ0n) is 18.3. The standard InChI is InChI=1S/C26H20N2O5S/c1-30-18-6-4-5-17(11-18)14-34-26-27-23-19-7-2-3-8-20(19)33-24(23)25(29)28(26)13-16-9-10-21-22(12-16)32-15-31-21/h2-12H,13-15H2,1H3. The van der Waals surface area contributed by atoms with Crippen molar-refractivity contribution in [1.29, 1.82) is 0 Å². The van der Waals surface area contributed by atoms with Crippen LogP contribution in [0.1, 0.15) is 11.1 Å². The van der Waals surface area contributed by atoms with Gasteiger partial charge in [-0.2, -0.15) is 0 Å². The highest BCUT2D eigenvalue weighted by atomic mass is 32.2. The molecule has 3 heterocycles. The number of para-hydroxylation sites is 1. The van der Waals surface area contributed by atoms with Gasteiger partial charge in [-0.25, -0.2) is 4.98 Å². The lowest BCUT2D eigenvalue weighted by molar-refractivity contribution is 0.174. The molecule has 0 saturated heterocycles. The van der Waals surface area contributed by atoms with Gasteiger partial charge < -0.3 is 18.6 Å². The summed E-state index contributed by atoms with van der Waals surface area (Å²) in [5, 5.41) is 1.44. The maximum atomic E-state index is 13.6. The third-order valence-electron chi connectivity index (χ3n) is 5.73. The molecule has 34 heavy (non-hydrogen) atoms. The number of benzene rings is 3. The van der Waals surface area contributed by atoms with Gasteiger partial charge in [-0.15, -0.1) is 0 Å². The summed E-state index contributed by atoms with van der Waals surface area (Å²) in [7, 11) is 1.65. The topological polar surface area (TPSA) is 75.7 Å². The second-order valence-corrected chi connectivity index (χ2v) is 8.83. The van der Waals surface area contributed by atoms with Gasteiger partial charge in [0.05, 0.1) is 13.7 Å². The van der Waals surface area contributed by atoms with E-state index in [9.17, 15) is 4.79 Å². The Bertz CT molecular complexity index is 1590. The number of aromatic nitrogens is 2. The molecule has 8 heteroatoms. The average Bonchev–Trinajstić information content (AvgIpc) is 3.49. The molecule has 7 nitrogen and oxygen atoms in total. The van der Waals surface area contributed by atoms with E-state index in [1.54, 1.807) is 11.7 Å². The molecule has 0 spiro atoms. The third-order valence-corrected chi connectivity index (χ3v) is 6.77. The predicted molar refractivity (Wildman–Crippen MR) is 130 cm³/mol. The Hall–Kier alpha value is -3.91. The molecule has 0 bridgehead atoms. The van der Waals surface area contributed by atoms with E-state index >= 15 is 0 Å². The zero-order chi connectivity index (χ0) is 23.1. The number of ether oxygens (including phenoxy) is 3. The van der Waals surface area contributed by atoms with Crippen molar-refractivity contribution in [3.8, 4) is 17.2 Å². The molecule has 5 aromatic rings. The molecule has 0 aliphatic carbocycles. The summed E-state index contributed by atoms with van der Waals surface area (Å²) < 4.78 is 23.9. The summed E-state index contributed by atoms with van der Waals surface area (Å²) in [5.74, 6) is 2.80. The first-order chi connectivity index (χ1) is 16.7. The van der Waals surface area contributed by atoms with E-state index in [0.29, 0.717) is 40.1 Å². The number of methoxy groups -OCH3 is 1. The quantitative estimate of drug-likeness (QED) is 0.248. The summed E-state index contributed by atoms with van der Waals surface area (Å²) in [6.45, 7) is 0.531. The highest BCUT2D eigenvalue weighted by molar-refractivity contribution is 7.98. The Kier molecular flexibility index (Phi) is 5.15. The summed E-state index contributed by atoms with van der Waals surface area (Å²) in [4.78, 5) is 18.5. The zero-order valence-corrected chi connectivity index (χ0v) is 19.1. The van der Waals surface area contributed by atoms with Crippen LogP contribution in [0.2, 0.25) is 0 Å². The SMILES string of the molecule is COc1cccc(CSc2nc3c(oc4ccccc43)c(=O)n2Cc2ccc3c(c2)OCO3)c1. The summed E-state index contributed by atoms with van der Waals surface area (Å²) in [6.07, 6.45) is 0. The Morgan fingerprint density at radius 1 is 1.00 bits per heavy atom. The van der Waals surface area contributed by atoms with Crippen molar-refractivity contribution in [3.05, 3.63) is 88.2 Å². The maximum Gasteiger partial charge on any atom is 0.298 e. The van der Waals surface area contributed by atoms with E-state index < -0.39 is 0 Å². The van der Waals surface area contributed by atoms with Gasteiger partial charge in [-0.05, 0) is 47.5 Å². The van der Waals surface area contributed by atoms with Crippen molar-refractivity contribution in [2.75, 3.05) is 13.9 Å². The van der Waals surface area contributed by atoms with Crippen LogP contribution in [-0.2, 0) is 12.3 Å². The van der Waals surface area contributed by atoms with Crippen LogP contribution >= 0.6 is 11.8 Å². The second kappa shape index (κ2) is 8.46. The fraction of sp³-hybridized carbons (Fsp3) is 0.154. The maximum absolute atomic E-state index is 13.6. The Balaban J connectivity index is 1.44. The Labute approximate surface area is 198 Å². The lowest BCUT2D eigenvalue weighted by Gasteiger charge is -2.12. The molecule has 0 N–H and O–H groups in total. The third kappa shape index (κ3) is 3.66. The molecule has 0 atom stereocenters. The molecule has 170 valence electrons. The first kappa shape index (κ1) is 20.7. The first-order valence-electron chi connectivity index (χ1n) is 10.8. The van der Waals surface area contributed by atoms with Crippen molar-refractivity contribution in [1.82, 2.24) is 9.55 Å². The van der Waals surface area contributed by atoms with Crippen LogP contribution in [0.3, 0.4) is 0 Å². The minimum Gasteiger partial charge on any atom is -0.497 e. The highest BCUT2D eigenvalue weighted by Crippen LogP contribution is 2.34. The Morgan fingerprint density at radius 2 is 1.88 bits per heavy atom. The van der Waals surface area contributed by atoms with Crippen LogP contribution < -0.4 is 19.8 Å². The van der Waals surface area contributed by atoms with Gasteiger partial charge in [-0.1, -0.05) is 42.1 Å². The summed E-state index contributed by atoms with van der Waals surface area (Å²) in [5.41, 5.74) is 3.25. The molecule has 1 aliphatic rings. The molecule has 0 unspecified atom stereocenters. The van der Waals surface area contributed by atoms with Crippen LogP contribution in [0, 0.1) is 0 Å². The lowest BCUT2D eigenvalue weighted by atomic mass is 10.2. The van der Waals surface area contributed by atoms with Gasteiger partial charge in [0.1, 0.15) is 16.8 Å². The number of thioether (sulfide) groups is 1. The van der Waals surface area contributed by atoms with Crippen molar-refractivity contribution in [3.63, 3.8) is 0 Å². The smallest absolute Gasteiger partial charge is 0.298 e. The number of fused-ring (bicyclic) bond motifs is 4. The minimum atomic E-state index is -0.216. The van der Waals surface area contributed by atoms with Gasteiger partial charge in [-0.3, -0.25) is 9.36 Å². The van der Waals surface area contributed by atoms with Gasteiger partial charge in [0.2, 0.25) is 12.4 Å². The van der Waals surface area contributed by atoms with Crippen LogP contribution in [0.15, 0.2) is 81.1 Å². The number of furan rings is 1. The lowest BCUT2D eigenvalue weighted by Crippen LogP contribution is -2.23. The van der Waals surface area contributed by atoms with Crippen molar-refractivity contribution >= 4 is 33.8 Å². The van der Waals surface area contributed by atoms with Crippen LogP contribution in [0.25, 0.3) is 22.1 Å². The van der Waals surface area contributed by atoms with Crippen LogP contribution in [0.5, 0.6) is 17.2 Å².